The normalized spacial score (nSPS) is 10.5. The predicted octanol–water partition coefficient (Wildman–Crippen LogP) is 5.33. The number of para-hydroxylation sites is 1. The van der Waals surface area contributed by atoms with Gasteiger partial charge in [0.2, 0.25) is 5.95 Å². The molecule has 144 valence electrons. The molecule has 0 atom stereocenters. The molecule has 0 unspecified atom stereocenters. The van der Waals surface area contributed by atoms with Gasteiger partial charge in [0.1, 0.15) is 5.82 Å². The summed E-state index contributed by atoms with van der Waals surface area (Å²) in [5.41, 5.74) is 4.63. The molecule has 0 bridgehead atoms. The van der Waals surface area contributed by atoms with Gasteiger partial charge in [-0.25, -0.2) is 9.78 Å². The van der Waals surface area contributed by atoms with Crippen molar-refractivity contribution in [1.29, 1.82) is 0 Å². The molecule has 2 aromatic carbocycles. The molecule has 0 fully saturated rings. The Bertz CT molecular complexity index is 1010. The van der Waals surface area contributed by atoms with Crippen LogP contribution in [-0.4, -0.2) is 23.0 Å². The lowest BCUT2D eigenvalue weighted by molar-refractivity contribution is 0.0602. The van der Waals surface area contributed by atoms with E-state index < -0.39 is 5.97 Å². The summed E-state index contributed by atoms with van der Waals surface area (Å²) in [5.74, 6) is 0.536. The Balaban J connectivity index is 1.93. The molecule has 0 aliphatic rings. The summed E-state index contributed by atoms with van der Waals surface area (Å²) in [6.07, 6.45) is 0. The minimum absolute atomic E-state index is 0.409. The lowest BCUT2D eigenvalue weighted by Gasteiger charge is -2.14. The van der Waals surface area contributed by atoms with Crippen molar-refractivity contribution >= 4 is 40.7 Å². The van der Waals surface area contributed by atoms with E-state index in [2.05, 4.69) is 20.6 Å². The number of carbonyl (C=O) groups is 1. The van der Waals surface area contributed by atoms with Gasteiger partial charge in [0.05, 0.1) is 29.1 Å². The van der Waals surface area contributed by atoms with E-state index in [0.29, 0.717) is 28.0 Å². The second kappa shape index (κ2) is 8.27. The maximum absolute atomic E-state index is 12.0. The Kier molecular flexibility index (Phi) is 5.80. The summed E-state index contributed by atoms with van der Waals surface area (Å²) < 4.78 is 4.84. The highest BCUT2D eigenvalue weighted by Crippen LogP contribution is 2.30. The summed E-state index contributed by atoms with van der Waals surface area (Å²) in [6, 6.07) is 12.8. The van der Waals surface area contributed by atoms with Crippen molar-refractivity contribution in [3.05, 3.63) is 69.9 Å². The van der Waals surface area contributed by atoms with Crippen LogP contribution >= 0.6 is 11.6 Å². The lowest BCUT2D eigenvalue weighted by atomic mass is 10.1. The predicted molar refractivity (Wildman–Crippen MR) is 112 cm³/mol. The van der Waals surface area contributed by atoms with E-state index in [1.165, 1.54) is 7.11 Å². The lowest BCUT2D eigenvalue weighted by Crippen LogP contribution is -2.07. The number of halogens is 1. The molecule has 0 saturated carbocycles. The summed E-state index contributed by atoms with van der Waals surface area (Å²) in [6.45, 7) is 5.84. The number of hydrogen-bond acceptors (Lipinski definition) is 6. The van der Waals surface area contributed by atoms with Crippen molar-refractivity contribution in [3.8, 4) is 0 Å². The standard InChI is InChI=1S/C21H21ClN4O2/c1-12-9-13(2)19(16(22)10-12)26-21-23-14(3)11-18(25-21)24-17-8-6-5-7-15(17)20(27)28-4/h5-11H,1-4H3,(H2,23,24,25,26). The molecular formula is C21H21ClN4O2. The van der Waals surface area contributed by atoms with E-state index in [0.717, 1.165) is 22.5 Å². The Hall–Kier alpha value is -3.12. The average Bonchev–Trinajstić information content (AvgIpc) is 2.64. The first-order valence-electron chi connectivity index (χ1n) is 8.71. The van der Waals surface area contributed by atoms with Crippen LogP contribution in [0.25, 0.3) is 0 Å². The van der Waals surface area contributed by atoms with E-state index in [1.54, 1.807) is 24.3 Å². The molecule has 0 aliphatic heterocycles. The third-order valence-electron chi connectivity index (χ3n) is 4.12. The Morgan fingerprint density at radius 3 is 2.50 bits per heavy atom. The molecule has 0 radical (unpaired) electrons. The third kappa shape index (κ3) is 4.40. The van der Waals surface area contributed by atoms with Crippen LogP contribution in [0.15, 0.2) is 42.5 Å². The molecule has 3 aromatic rings. The first-order chi connectivity index (χ1) is 13.4. The Morgan fingerprint density at radius 2 is 1.79 bits per heavy atom. The van der Waals surface area contributed by atoms with Crippen LogP contribution in [-0.2, 0) is 4.74 Å². The van der Waals surface area contributed by atoms with Crippen LogP contribution in [0.5, 0.6) is 0 Å². The highest BCUT2D eigenvalue weighted by atomic mass is 35.5. The van der Waals surface area contributed by atoms with Crippen LogP contribution < -0.4 is 10.6 Å². The van der Waals surface area contributed by atoms with Gasteiger partial charge in [-0.05, 0) is 50.1 Å². The quantitative estimate of drug-likeness (QED) is 0.568. The number of nitrogens with zero attached hydrogens (tertiary/aromatic N) is 2. The minimum Gasteiger partial charge on any atom is -0.465 e. The van der Waals surface area contributed by atoms with Gasteiger partial charge < -0.3 is 15.4 Å². The molecule has 6 nitrogen and oxygen atoms in total. The van der Waals surface area contributed by atoms with Gasteiger partial charge in [0.15, 0.2) is 0 Å². The third-order valence-corrected chi connectivity index (χ3v) is 4.42. The number of aromatic nitrogens is 2. The molecule has 0 saturated heterocycles. The number of methoxy groups -OCH3 is 1. The number of carbonyl (C=O) groups excluding carboxylic acids is 1. The van der Waals surface area contributed by atoms with E-state index in [1.807, 2.05) is 39.0 Å². The highest BCUT2D eigenvalue weighted by molar-refractivity contribution is 6.33. The molecular weight excluding hydrogens is 376 g/mol. The second-order valence-corrected chi connectivity index (χ2v) is 6.85. The zero-order chi connectivity index (χ0) is 20.3. The molecule has 3 rings (SSSR count). The first-order valence-corrected chi connectivity index (χ1v) is 9.09. The number of hydrogen-bond donors (Lipinski definition) is 2. The number of nitrogens with one attached hydrogen (secondary N) is 2. The summed E-state index contributed by atoms with van der Waals surface area (Å²) in [5, 5.41) is 6.97. The molecule has 2 N–H and O–H groups in total. The molecule has 7 heteroatoms. The van der Waals surface area contributed by atoms with Crippen molar-refractivity contribution in [2.75, 3.05) is 17.7 Å². The fraction of sp³-hybridized carbons (Fsp3) is 0.190. The maximum Gasteiger partial charge on any atom is 0.339 e. The number of esters is 1. The van der Waals surface area contributed by atoms with Crippen molar-refractivity contribution < 1.29 is 9.53 Å². The second-order valence-electron chi connectivity index (χ2n) is 6.44. The van der Waals surface area contributed by atoms with E-state index in [4.69, 9.17) is 16.3 Å². The molecule has 1 heterocycles. The van der Waals surface area contributed by atoms with Crippen molar-refractivity contribution in [1.82, 2.24) is 9.97 Å². The van der Waals surface area contributed by atoms with Gasteiger partial charge in [0.25, 0.3) is 0 Å². The number of benzene rings is 2. The number of anilines is 4. The van der Waals surface area contributed by atoms with Gasteiger partial charge in [-0.2, -0.15) is 4.98 Å². The van der Waals surface area contributed by atoms with Gasteiger partial charge >= 0.3 is 5.97 Å². The van der Waals surface area contributed by atoms with Gasteiger partial charge in [-0.3, -0.25) is 0 Å². The smallest absolute Gasteiger partial charge is 0.339 e. The van der Waals surface area contributed by atoms with Crippen LogP contribution in [0.4, 0.5) is 23.1 Å². The summed E-state index contributed by atoms with van der Waals surface area (Å²) in [4.78, 5) is 20.9. The van der Waals surface area contributed by atoms with Crippen LogP contribution in [0.1, 0.15) is 27.2 Å². The fourth-order valence-corrected chi connectivity index (χ4v) is 3.26. The first kappa shape index (κ1) is 19.6. The number of ether oxygens (including phenoxy) is 1. The summed E-state index contributed by atoms with van der Waals surface area (Å²) in [7, 11) is 1.35. The molecule has 0 aliphatic carbocycles. The van der Waals surface area contributed by atoms with E-state index in [-0.39, 0.29) is 0 Å². The largest absolute Gasteiger partial charge is 0.465 e. The minimum atomic E-state index is -0.422. The average molecular weight is 397 g/mol. The van der Waals surface area contributed by atoms with E-state index in [9.17, 15) is 4.79 Å². The van der Waals surface area contributed by atoms with Crippen LogP contribution in [0.3, 0.4) is 0 Å². The fourth-order valence-electron chi connectivity index (χ4n) is 2.89. The van der Waals surface area contributed by atoms with Crippen molar-refractivity contribution in [2.24, 2.45) is 0 Å². The molecule has 28 heavy (non-hydrogen) atoms. The molecule has 0 amide bonds. The Morgan fingerprint density at radius 1 is 1.04 bits per heavy atom. The van der Waals surface area contributed by atoms with Gasteiger partial charge in [-0.15, -0.1) is 0 Å². The van der Waals surface area contributed by atoms with Gasteiger partial charge in [-0.1, -0.05) is 29.8 Å². The highest BCUT2D eigenvalue weighted by Gasteiger charge is 2.13. The van der Waals surface area contributed by atoms with E-state index >= 15 is 0 Å². The monoisotopic (exact) mass is 396 g/mol. The number of aryl methyl sites for hydroxylation is 3. The van der Waals surface area contributed by atoms with Crippen molar-refractivity contribution in [2.45, 2.75) is 20.8 Å². The maximum atomic E-state index is 12.0. The number of rotatable bonds is 5. The van der Waals surface area contributed by atoms with Crippen LogP contribution in [0.2, 0.25) is 5.02 Å². The van der Waals surface area contributed by atoms with Crippen molar-refractivity contribution in [3.63, 3.8) is 0 Å². The Labute approximate surface area is 168 Å². The zero-order valence-corrected chi connectivity index (χ0v) is 16.9. The SMILES string of the molecule is COC(=O)c1ccccc1Nc1cc(C)nc(Nc2c(C)cc(C)cc2Cl)n1. The summed E-state index contributed by atoms with van der Waals surface area (Å²) >= 11 is 6.38. The molecule has 0 spiro atoms. The zero-order valence-electron chi connectivity index (χ0n) is 16.1. The topological polar surface area (TPSA) is 76.1 Å². The molecule has 1 aromatic heterocycles. The van der Waals surface area contributed by atoms with Crippen LogP contribution in [0, 0.1) is 20.8 Å². The van der Waals surface area contributed by atoms with Gasteiger partial charge in [0, 0.05) is 11.8 Å².